The summed E-state index contributed by atoms with van der Waals surface area (Å²) in [6, 6.07) is 4.73. The van der Waals surface area contributed by atoms with E-state index in [1.807, 2.05) is 6.92 Å². The summed E-state index contributed by atoms with van der Waals surface area (Å²) < 4.78 is 0. The van der Waals surface area contributed by atoms with Gasteiger partial charge in [0, 0.05) is 17.5 Å². The van der Waals surface area contributed by atoms with Gasteiger partial charge in [-0.3, -0.25) is 10.1 Å². The maximum absolute atomic E-state index is 12.1. The molecule has 2 aromatic rings. The van der Waals surface area contributed by atoms with Crippen molar-refractivity contribution in [3.8, 4) is 0 Å². The van der Waals surface area contributed by atoms with Crippen LogP contribution in [0.15, 0.2) is 24.4 Å². The molecule has 5 nitrogen and oxygen atoms in total. The van der Waals surface area contributed by atoms with E-state index >= 15 is 0 Å². The summed E-state index contributed by atoms with van der Waals surface area (Å²) >= 11 is 11.6. The van der Waals surface area contributed by atoms with E-state index in [9.17, 15) is 4.79 Å². The number of nitrogens with one attached hydrogen (secondary N) is 1. The molecule has 1 N–H and O–H groups in total. The summed E-state index contributed by atoms with van der Waals surface area (Å²) in [4.78, 5) is 24.1. The number of halogens is 2. The van der Waals surface area contributed by atoms with Crippen molar-refractivity contribution in [3.63, 3.8) is 0 Å². The lowest BCUT2D eigenvalue weighted by molar-refractivity contribution is 0.102. The highest BCUT2D eigenvalue weighted by Crippen LogP contribution is 2.14. The molecule has 20 heavy (non-hydrogen) atoms. The first-order valence-corrected chi connectivity index (χ1v) is 6.80. The zero-order valence-electron chi connectivity index (χ0n) is 10.7. The molecular formula is C13H12Cl2N4O. The predicted molar refractivity (Wildman–Crippen MR) is 78.2 cm³/mol. The zero-order chi connectivity index (χ0) is 14.5. The Hall–Kier alpha value is -1.72. The van der Waals surface area contributed by atoms with Crippen molar-refractivity contribution in [1.29, 1.82) is 0 Å². The maximum atomic E-state index is 12.1. The number of carbonyl (C=O) groups excluding carboxylic acids is 1. The minimum atomic E-state index is -0.353. The molecule has 1 amide bonds. The van der Waals surface area contributed by atoms with Crippen LogP contribution in [-0.2, 0) is 6.42 Å². The van der Waals surface area contributed by atoms with Crippen molar-refractivity contribution in [1.82, 2.24) is 15.0 Å². The van der Waals surface area contributed by atoms with Gasteiger partial charge in [0.1, 0.15) is 10.3 Å². The van der Waals surface area contributed by atoms with Gasteiger partial charge in [-0.1, -0.05) is 36.5 Å². The summed E-state index contributed by atoms with van der Waals surface area (Å²) in [5.74, 6) is -0.207. The lowest BCUT2D eigenvalue weighted by atomic mass is 10.1. The second-order valence-corrected chi connectivity index (χ2v) is 4.85. The molecule has 0 atom stereocenters. The second kappa shape index (κ2) is 6.63. The Kier molecular flexibility index (Phi) is 4.87. The number of hydrogen-bond donors (Lipinski definition) is 1. The topological polar surface area (TPSA) is 67.8 Å². The lowest BCUT2D eigenvalue weighted by Crippen LogP contribution is -2.15. The van der Waals surface area contributed by atoms with Crippen molar-refractivity contribution in [2.24, 2.45) is 0 Å². The van der Waals surface area contributed by atoms with Crippen LogP contribution in [0.1, 0.15) is 29.4 Å². The molecule has 0 aliphatic heterocycles. The average molecular weight is 311 g/mol. The SMILES string of the molecule is CCCc1cc(C(=O)Nc2nccc(Cl)n2)cc(Cl)n1. The van der Waals surface area contributed by atoms with E-state index in [2.05, 4.69) is 20.3 Å². The molecule has 2 heterocycles. The van der Waals surface area contributed by atoms with Gasteiger partial charge in [-0.05, 0) is 24.6 Å². The third-order valence-corrected chi connectivity index (χ3v) is 2.87. The highest BCUT2D eigenvalue weighted by atomic mass is 35.5. The monoisotopic (exact) mass is 310 g/mol. The Morgan fingerprint density at radius 2 is 2.05 bits per heavy atom. The highest BCUT2D eigenvalue weighted by Gasteiger charge is 2.11. The van der Waals surface area contributed by atoms with E-state index in [-0.39, 0.29) is 22.2 Å². The smallest absolute Gasteiger partial charge is 0.258 e. The van der Waals surface area contributed by atoms with E-state index in [0.29, 0.717) is 5.56 Å². The Balaban J connectivity index is 2.20. The number of aryl methyl sites for hydroxylation is 1. The number of hydrogen-bond acceptors (Lipinski definition) is 4. The third-order valence-electron chi connectivity index (χ3n) is 2.46. The number of rotatable bonds is 4. The van der Waals surface area contributed by atoms with E-state index < -0.39 is 0 Å². The highest BCUT2D eigenvalue weighted by molar-refractivity contribution is 6.30. The normalized spacial score (nSPS) is 10.3. The van der Waals surface area contributed by atoms with Gasteiger partial charge in [0.15, 0.2) is 0 Å². The molecular weight excluding hydrogens is 299 g/mol. The molecule has 0 spiro atoms. The van der Waals surface area contributed by atoms with Gasteiger partial charge >= 0.3 is 0 Å². The number of pyridine rings is 1. The molecule has 104 valence electrons. The first kappa shape index (κ1) is 14.7. The minimum absolute atomic E-state index is 0.146. The van der Waals surface area contributed by atoms with Crippen LogP contribution in [0.3, 0.4) is 0 Å². The molecule has 2 rings (SSSR count). The van der Waals surface area contributed by atoms with Gasteiger partial charge in [0.2, 0.25) is 5.95 Å². The van der Waals surface area contributed by atoms with Crippen molar-refractivity contribution >= 4 is 35.1 Å². The fraction of sp³-hybridized carbons (Fsp3) is 0.231. The summed E-state index contributed by atoms with van der Waals surface area (Å²) in [7, 11) is 0. The Morgan fingerprint density at radius 1 is 1.25 bits per heavy atom. The van der Waals surface area contributed by atoms with Crippen molar-refractivity contribution < 1.29 is 4.79 Å². The third kappa shape index (κ3) is 3.88. The van der Waals surface area contributed by atoms with Crippen LogP contribution < -0.4 is 5.32 Å². The molecule has 0 aromatic carbocycles. The molecule has 0 radical (unpaired) electrons. The predicted octanol–water partition coefficient (Wildman–Crippen LogP) is 3.38. The Morgan fingerprint density at radius 3 is 2.75 bits per heavy atom. The Bertz CT molecular complexity index is 634. The number of nitrogens with zero attached hydrogens (tertiary/aromatic N) is 3. The van der Waals surface area contributed by atoms with Gasteiger partial charge in [-0.2, -0.15) is 0 Å². The first-order chi connectivity index (χ1) is 9.58. The van der Waals surface area contributed by atoms with Crippen LogP contribution in [0, 0.1) is 0 Å². The largest absolute Gasteiger partial charge is 0.290 e. The maximum Gasteiger partial charge on any atom is 0.258 e. The van der Waals surface area contributed by atoms with Crippen LogP contribution >= 0.6 is 23.2 Å². The van der Waals surface area contributed by atoms with Crippen molar-refractivity contribution in [2.75, 3.05) is 5.32 Å². The van der Waals surface area contributed by atoms with E-state index in [4.69, 9.17) is 23.2 Å². The Labute approximate surface area is 126 Å². The molecule has 0 unspecified atom stereocenters. The molecule has 0 aliphatic carbocycles. The summed E-state index contributed by atoms with van der Waals surface area (Å²) in [6.07, 6.45) is 3.15. The number of amides is 1. The summed E-state index contributed by atoms with van der Waals surface area (Å²) in [6.45, 7) is 2.03. The summed E-state index contributed by atoms with van der Waals surface area (Å²) in [5.41, 5.74) is 1.19. The quantitative estimate of drug-likeness (QED) is 0.694. The average Bonchev–Trinajstić information content (AvgIpc) is 2.38. The molecule has 7 heteroatoms. The molecule has 0 aliphatic rings. The molecule has 0 saturated carbocycles. The molecule has 0 bridgehead atoms. The van der Waals surface area contributed by atoms with Gasteiger partial charge in [-0.25, -0.2) is 15.0 Å². The van der Waals surface area contributed by atoms with Gasteiger partial charge in [0.25, 0.3) is 5.91 Å². The fourth-order valence-corrected chi connectivity index (χ4v) is 2.00. The van der Waals surface area contributed by atoms with E-state index in [1.54, 1.807) is 6.07 Å². The van der Waals surface area contributed by atoms with Crippen molar-refractivity contribution in [2.45, 2.75) is 19.8 Å². The van der Waals surface area contributed by atoms with Crippen molar-refractivity contribution in [3.05, 3.63) is 46.0 Å². The lowest BCUT2D eigenvalue weighted by Gasteiger charge is -2.06. The van der Waals surface area contributed by atoms with E-state index in [0.717, 1.165) is 18.5 Å². The van der Waals surface area contributed by atoms with Crippen LogP contribution in [0.5, 0.6) is 0 Å². The van der Waals surface area contributed by atoms with Crippen LogP contribution in [0.4, 0.5) is 5.95 Å². The molecule has 2 aromatic heterocycles. The zero-order valence-corrected chi connectivity index (χ0v) is 12.2. The fourth-order valence-electron chi connectivity index (χ4n) is 1.64. The number of anilines is 1. The standard InChI is InChI=1S/C13H12Cl2N4O/c1-2-3-9-6-8(7-11(15)17-9)12(20)19-13-16-5-4-10(14)18-13/h4-7H,2-3H2,1H3,(H,16,18,19,20). The van der Waals surface area contributed by atoms with Crippen LogP contribution in [-0.4, -0.2) is 20.9 Å². The molecule has 0 saturated heterocycles. The van der Waals surface area contributed by atoms with E-state index in [1.165, 1.54) is 18.3 Å². The minimum Gasteiger partial charge on any atom is -0.290 e. The van der Waals surface area contributed by atoms with Gasteiger partial charge in [0.05, 0.1) is 0 Å². The summed E-state index contributed by atoms with van der Waals surface area (Å²) in [5, 5.41) is 3.11. The van der Waals surface area contributed by atoms with Crippen LogP contribution in [0.2, 0.25) is 10.3 Å². The van der Waals surface area contributed by atoms with Crippen LogP contribution in [0.25, 0.3) is 0 Å². The second-order valence-electron chi connectivity index (χ2n) is 4.08. The first-order valence-electron chi connectivity index (χ1n) is 6.05. The molecule has 0 fully saturated rings. The van der Waals surface area contributed by atoms with Gasteiger partial charge < -0.3 is 0 Å². The van der Waals surface area contributed by atoms with Gasteiger partial charge in [-0.15, -0.1) is 0 Å². The number of carbonyl (C=O) groups is 1. The number of aromatic nitrogens is 3.